The Bertz CT molecular complexity index is 1020. The average Bonchev–Trinajstić information content (AvgIpc) is 3.19. The lowest BCUT2D eigenvalue weighted by molar-refractivity contribution is -0.133. The first-order valence-corrected chi connectivity index (χ1v) is 9.36. The van der Waals surface area contributed by atoms with E-state index in [1.807, 2.05) is 37.3 Å². The van der Waals surface area contributed by atoms with E-state index in [-0.39, 0.29) is 19.3 Å². The minimum Gasteiger partial charge on any atom is -0.481 e. The van der Waals surface area contributed by atoms with E-state index >= 15 is 0 Å². The second kappa shape index (κ2) is 7.94. The summed E-state index contributed by atoms with van der Waals surface area (Å²) in [5.41, 5.74) is 1.61. The van der Waals surface area contributed by atoms with Crippen LogP contribution in [0.4, 0.5) is 0 Å². The number of amides is 1. The Kier molecular flexibility index (Phi) is 5.21. The van der Waals surface area contributed by atoms with Crippen LogP contribution in [-0.4, -0.2) is 35.7 Å². The lowest BCUT2D eigenvalue weighted by Crippen LogP contribution is -2.34. The van der Waals surface area contributed by atoms with Crippen LogP contribution in [0.2, 0.25) is 5.02 Å². The SMILES string of the molecule is CCN(Cc1ccc2c(c1)OCO2)C(=O)COc1ccc(Cl)c2cccnc12. The first kappa shape index (κ1) is 18.4. The van der Waals surface area contributed by atoms with Crippen LogP contribution < -0.4 is 14.2 Å². The Balaban J connectivity index is 1.44. The monoisotopic (exact) mass is 398 g/mol. The fourth-order valence-corrected chi connectivity index (χ4v) is 3.31. The van der Waals surface area contributed by atoms with Gasteiger partial charge in [-0.05, 0) is 48.9 Å². The number of carbonyl (C=O) groups excluding carboxylic acids is 1. The summed E-state index contributed by atoms with van der Waals surface area (Å²) < 4.78 is 16.5. The molecule has 0 unspecified atom stereocenters. The largest absolute Gasteiger partial charge is 0.481 e. The highest BCUT2D eigenvalue weighted by molar-refractivity contribution is 6.35. The van der Waals surface area contributed by atoms with Crippen molar-refractivity contribution in [1.29, 1.82) is 0 Å². The van der Waals surface area contributed by atoms with E-state index in [0.717, 1.165) is 16.7 Å². The highest BCUT2D eigenvalue weighted by atomic mass is 35.5. The number of likely N-dealkylation sites (N-methyl/N-ethyl adjacent to an activating group) is 1. The molecule has 0 atom stereocenters. The summed E-state index contributed by atoms with van der Waals surface area (Å²) in [4.78, 5) is 18.7. The maximum absolute atomic E-state index is 12.7. The van der Waals surface area contributed by atoms with Crippen molar-refractivity contribution in [1.82, 2.24) is 9.88 Å². The molecule has 0 saturated heterocycles. The highest BCUT2D eigenvalue weighted by Crippen LogP contribution is 2.33. The number of pyridine rings is 1. The van der Waals surface area contributed by atoms with Crippen molar-refractivity contribution >= 4 is 28.4 Å². The van der Waals surface area contributed by atoms with Crippen LogP contribution in [0.15, 0.2) is 48.7 Å². The zero-order chi connectivity index (χ0) is 19.5. The van der Waals surface area contributed by atoms with Gasteiger partial charge in [0.25, 0.3) is 5.91 Å². The smallest absolute Gasteiger partial charge is 0.260 e. The molecule has 6 nitrogen and oxygen atoms in total. The van der Waals surface area contributed by atoms with Crippen molar-refractivity contribution < 1.29 is 19.0 Å². The second-order valence-electron chi connectivity index (χ2n) is 6.33. The van der Waals surface area contributed by atoms with Crippen LogP contribution in [-0.2, 0) is 11.3 Å². The lowest BCUT2D eigenvalue weighted by atomic mass is 10.2. The molecule has 0 aliphatic carbocycles. The van der Waals surface area contributed by atoms with Crippen LogP contribution in [0, 0.1) is 0 Å². The molecular formula is C21H19ClN2O4. The number of benzene rings is 2. The number of rotatable bonds is 6. The van der Waals surface area contributed by atoms with E-state index in [0.29, 0.717) is 35.1 Å². The van der Waals surface area contributed by atoms with Crippen molar-refractivity contribution in [3.63, 3.8) is 0 Å². The lowest BCUT2D eigenvalue weighted by Gasteiger charge is -2.21. The molecular weight excluding hydrogens is 380 g/mol. The third-order valence-electron chi connectivity index (χ3n) is 4.58. The van der Waals surface area contributed by atoms with Gasteiger partial charge in [0.05, 0.1) is 5.02 Å². The van der Waals surface area contributed by atoms with Gasteiger partial charge in [-0.3, -0.25) is 9.78 Å². The van der Waals surface area contributed by atoms with Crippen molar-refractivity contribution in [2.45, 2.75) is 13.5 Å². The Hall–Kier alpha value is -2.99. The number of ether oxygens (including phenoxy) is 3. The second-order valence-corrected chi connectivity index (χ2v) is 6.74. The number of hydrogen-bond donors (Lipinski definition) is 0. The van der Waals surface area contributed by atoms with Crippen LogP contribution >= 0.6 is 11.6 Å². The molecule has 0 spiro atoms. The molecule has 0 N–H and O–H groups in total. The molecule has 3 aromatic rings. The minimum atomic E-state index is -0.112. The van der Waals surface area contributed by atoms with Crippen LogP contribution in [0.1, 0.15) is 12.5 Å². The van der Waals surface area contributed by atoms with E-state index in [1.54, 1.807) is 23.2 Å². The summed E-state index contributed by atoms with van der Waals surface area (Å²) in [7, 11) is 0. The Morgan fingerprint density at radius 1 is 1.21 bits per heavy atom. The van der Waals surface area contributed by atoms with Gasteiger partial charge in [-0.25, -0.2) is 0 Å². The van der Waals surface area contributed by atoms with E-state index in [9.17, 15) is 4.79 Å². The van der Waals surface area contributed by atoms with Crippen molar-refractivity contribution in [2.75, 3.05) is 19.9 Å². The van der Waals surface area contributed by atoms with Gasteiger partial charge < -0.3 is 19.1 Å². The van der Waals surface area contributed by atoms with E-state index < -0.39 is 0 Å². The van der Waals surface area contributed by atoms with Crippen LogP contribution in [0.25, 0.3) is 10.9 Å². The summed E-state index contributed by atoms with van der Waals surface area (Å²) in [6, 6.07) is 12.9. The molecule has 0 bridgehead atoms. The van der Waals surface area contributed by atoms with E-state index in [1.165, 1.54) is 0 Å². The van der Waals surface area contributed by atoms with Gasteiger partial charge >= 0.3 is 0 Å². The van der Waals surface area contributed by atoms with Gasteiger partial charge in [-0.15, -0.1) is 0 Å². The predicted molar refractivity (Wildman–Crippen MR) is 106 cm³/mol. The molecule has 1 aliphatic rings. The Labute approximate surface area is 167 Å². The zero-order valence-corrected chi connectivity index (χ0v) is 16.1. The van der Waals surface area contributed by atoms with Crippen LogP contribution in [0.5, 0.6) is 17.2 Å². The summed E-state index contributed by atoms with van der Waals surface area (Å²) in [6.45, 7) is 3.12. The van der Waals surface area contributed by atoms with E-state index in [4.69, 9.17) is 25.8 Å². The Morgan fingerprint density at radius 2 is 2.07 bits per heavy atom. The van der Waals surface area contributed by atoms with Crippen molar-refractivity contribution in [2.24, 2.45) is 0 Å². The number of halogens is 1. The molecule has 0 radical (unpaired) electrons. The van der Waals surface area contributed by atoms with Gasteiger partial charge in [0.2, 0.25) is 6.79 Å². The summed E-state index contributed by atoms with van der Waals surface area (Å²) >= 11 is 6.21. The number of nitrogens with zero attached hydrogens (tertiary/aromatic N) is 2. The molecule has 1 amide bonds. The summed E-state index contributed by atoms with van der Waals surface area (Å²) in [5, 5.41) is 1.39. The molecule has 28 heavy (non-hydrogen) atoms. The fourth-order valence-electron chi connectivity index (χ4n) is 3.10. The first-order valence-electron chi connectivity index (χ1n) is 8.98. The zero-order valence-electron chi connectivity index (χ0n) is 15.4. The third kappa shape index (κ3) is 3.68. The summed E-state index contributed by atoms with van der Waals surface area (Å²) in [5.74, 6) is 1.85. The predicted octanol–water partition coefficient (Wildman–Crippen LogP) is 4.04. The van der Waals surface area contributed by atoms with Crippen molar-refractivity contribution in [3.8, 4) is 17.2 Å². The molecule has 2 aromatic carbocycles. The first-order chi connectivity index (χ1) is 13.7. The number of hydrogen-bond acceptors (Lipinski definition) is 5. The maximum atomic E-state index is 12.7. The molecule has 7 heteroatoms. The molecule has 0 saturated carbocycles. The average molecular weight is 399 g/mol. The highest BCUT2D eigenvalue weighted by Gasteiger charge is 2.17. The topological polar surface area (TPSA) is 60.9 Å². The normalized spacial score (nSPS) is 12.2. The number of fused-ring (bicyclic) bond motifs is 2. The molecule has 1 aliphatic heterocycles. The van der Waals surface area contributed by atoms with Gasteiger partial charge in [-0.2, -0.15) is 0 Å². The molecule has 2 heterocycles. The molecule has 1 aromatic heterocycles. The Morgan fingerprint density at radius 3 is 2.93 bits per heavy atom. The summed E-state index contributed by atoms with van der Waals surface area (Å²) in [6.07, 6.45) is 1.67. The molecule has 4 rings (SSSR count). The van der Waals surface area contributed by atoms with E-state index in [2.05, 4.69) is 4.98 Å². The van der Waals surface area contributed by atoms with Crippen molar-refractivity contribution in [3.05, 3.63) is 59.2 Å². The fraction of sp³-hybridized carbons (Fsp3) is 0.238. The standard InChI is InChI=1S/C21H19ClN2O4/c1-2-24(11-14-5-7-17-19(10-14)28-13-27-17)20(25)12-26-18-8-6-16(22)15-4-3-9-23-21(15)18/h3-10H,2,11-13H2,1H3. The number of aromatic nitrogens is 1. The van der Waals surface area contributed by atoms with Crippen LogP contribution in [0.3, 0.4) is 0 Å². The van der Waals surface area contributed by atoms with Gasteiger partial charge in [0.15, 0.2) is 18.1 Å². The van der Waals surface area contributed by atoms with Gasteiger partial charge in [0, 0.05) is 24.7 Å². The maximum Gasteiger partial charge on any atom is 0.260 e. The molecule has 0 fully saturated rings. The van der Waals surface area contributed by atoms with Gasteiger partial charge in [-0.1, -0.05) is 17.7 Å². The van der Waals surface area contributed by atoms with Gasteiger partial charge in [0.1, 0.15) is 11.3 Å². The molecule has 144 valence electrons. The number of carbonyl (C=O) groups is 1. The third-order valence-corrected chi connectivity index (χ3v) is 4.91. The quantitative estimate of drug-likeness (QED) is 0.627. The minimum absolute atomic E-state index is 0.0777.